The first-order chi connectivity index (χ1) is 9.61. The van der Waals surface area contributed by atoms with Gasteiger partial charge in [0.2, 0.25) is 16.9 Å². The Hall–Kier alpha value is -2.49. The molecule has 2 heterocycles. The van der Waals surface area contributed by atoms with E-state index in [1.165, 1.54) is 13.4 Å². The van der Waals surface area contributed by atoms with Crippen LogP contribution in [-0.2, 0) is 0 Å². The molecule has 0 aliphatic heterocycles. The van der Waals surface area contributed by atoms with E-state index in [0.717, 1.165) is 11.1 Å². The molecule has 0 bridgehead atoms. The molecular formula is C16H14O4. The monoisotopic (exact) mass is 270 g/mol. The summed E-state index contributed by atoms with van der Waals surface area (Å²) in [5, 5.41) is 0.523. The van der Waals surface area contributed by atoms with Gasteiger partial charge in [-0.3, -0.25) is 4.79 Å². The fraction of sp³-hybridized carbons (Fsp3) is 0.188. The highest BCUT2D eigenvalue weighted by molar-refractivity contribution is 5.84. The molecule has 0 fully saturated rings. The summed E-state index contributed by atoms with van der Waals surface area (Å²) in [5.41, 5.74) is 2.29. The molecule has 4 heteroatoms. The minimum atomic E-state index is -0.188. The van der Waals surface area contributed by atoms with Crippen molar-refractivity contribution in [3.05, 3.63) is 51.9 Å². The molecule has 0 N–H and O–H groups in total. The third-order valence-corrected chi connectivity index (χ3v) is 3.23. The van der Waals surface area contributed by atoms with Crippen molar-refractivity contribution >= 4 is 11.0 Å². The van der Waals surface area contributed by atoms with Gasteiger partial charge in [0.05, 0.1) is 18.8 Å². The van der Waals surface area contributed by atoms with E-state index in [1.807, 2.05) is 26.0 Å². The Morgan fingerprint density at radius 1 is 1.20 bits per heavy atom. The number of fused-ring (bicyclic) bond motifs is 1. The average Bonchev–Trinajstić information content (AvgIpc) is 2.93. The van der Waals surface area contributed by atoms with Crippen LogP contribution in [0.2, 0.25) is 0 Å². The molecule has 0 unspecified atom stereocenters. The number of furan rings is 1. The van der Waals surface area contributed by atoms with E-state index in [0.29, 0.717) is 22.5 Å². The molecule has 0 aliphatic carbocycles. The highest BCUT2D eigenvalue weighted by Crippen LogP contribution is 2.32. The Morgan fingerprint density at radius 3 is 2.65 bits per heavy atom. The number of benzene rings is 1. The van der Waals surface area contributed by atoms with Crippen LogP contribution in [-0.4, -0.2) is 7.11 Å². The lowest BCUT2D eigenvalue weighted by Gasteiger charge is -2.09. The molecule has 0 amide bonds. The average molecular weight is 270 g/mol. The maximum atomic E-state index is 12.6. The summed E-state index contributed by atoms with van der Waals surface area (Å²) in [6.45, 7) is 3.86. The Balaban J connectivity index is 2.46. The zero-order valence-electron chi connectivity index (χ0n) is 11.5. The highest BCUT2D eigenvalue weighted by atomic mass is 16.5. The molecule has 102 valence electrons. The lowest BCUT2D eigenvalue weighted by molar-refractivity contribution is 0.394. The second-order valence-corrected chi connectivity index (χ2v) is 4.73. The minimum Gasteiger partial charge on any atom is -0.489 e. The second kappa shape index (κ2) is 4.56. The number of hydrogen-bond donors (Lipinski definition) is 0. The van der Waals surface area contributed by atoms with Crippen LogP contribution in [0.5, 0.6) is 5.75 Å². The van der Waals surface area contributed by atoms with Gasteiger partial charge in [-0.1, -0.05) is 6.07 Å². The van der Waals surface area contributed by atoms with Crippen molar-refractivity contribution in [1.82, 2.24) is 0 Å². The van der Waals surface area contributed by atoms with Crippen molar-refractivity contribution in [3.63, 3.8) is 0 Å². The fourth-order valence-corrected chi connectivity index (χ4v) is 2.39. The molecule has 0 atom stereocenters. The van der Waals surface area contributed by atoms with Gasteiger partial charge in [-0.2, -0.15) is 0 Å². The van der Waals surface area contributed by atoms with Crippen LogP contribution in [0, 0.1) is 13.8 Å². The van der Waals surface area contributed by atoms with Gasteiger partial charge in [0.15, 0.2) is 5.76 Å². The zero-order valence-corrected chi connectivity index (χ0v) is 11.5. The van der Waals surface area contributed by atoms with Gasteiger partial charge in [-0.25, -0.2) is 0 Å². The highest BCUT2D eigenvalue weighted by Gasteiger charge is 2.19. The summed E-state index contributed by atoms with van der Waals surface area (Å²) in [6.07, 6.45) is 1.53. The number of methoxy groups -OCH3 is 1. The third kappa shape index (κ3) is 1.81. The SMILES string of the molecule is COc1c(-c2ccco2)oc2c(C)cc(C)cc2c1=O. The van der Waals surface area contributed by atoms with E-state index in [1.54, 1.807) is 12.1 Å². The summed E-state index contributed by atoms with van der Waals surface area (Å²) < 4.78 is 16.4. The van der Waals surface area contributed by atoms with Crippen molar-refractivity contribution in [3.8, 4) is 17.3 Å². The Morgan fingerprint density at radius 2 is 2.00 bits per heavy atom. The van der Waals surface area contributed by atoms with E-state index in [2.05, 4.69) is 0 Å². The van der Waals surface area contributed by atoms with Crippen LogP contribution in [0.25, 0.3) is 22.5 Å². The molecule has 3 aromatic rings. The maximum absolute atomic E-state index is 12.6. The van der Waals surface area contributed by atoms with Gasteiger partial charge in [0.1, 0.15) is 5.58 Å². The molecular weight excluding hydrogens is 256 g/mol. The maximum Gasteiger partial charge on any atom is 0.235 e. The normalized spacial score (nSPS) is 10.9. The first-order valence-electron chi connectivity index (χ1n) is 6.27. The molecule has 0 saturated carbocycles. The summed E-state index contributed by atoms with van der Waals surface area (Å²) >= 11 is 0. The predicted octanol–water partition coefficient (Wildman–Crippen LogP) is 3.68. The van der Waals surface area contributed by atoms with Crippen LogP contribution >= 0.6 is 0 Å². The van der Waals surface area contributed by atoms with Crippen LogP contribution in [0.1, 0.15) is 11.1 Å². The smallest absolute Gasteiger partial charge is 0.235 e. The van der Waals surface area contributed by atoms with Gasteiger partial charge in [-0.05, 0) is 43.2 Å². The Kier molecular flexibility index (Phi) is 2.86. The molecule has 2 aromatic heterocycles. The predicted molar refractivity (Wildman–Crippen MR) is 76.2 cm³/mol. The lowest BCUT2D eigenvalue weighted by atomic mass is 10.1. The quantitative estimate of drug-likeness (QED) is 0.712. The number of aryl methyl sites for hydroxylation is 2. The van der Waals surface area contributed by atoms with Crippen molar-refractivity contribution in [1.29, 1.82) is 0 Å². The van der Waals surface area contributed by atoms with E-state index >= 15 is 0 Å². The van der Waals surface area contributed by atoms with Crippen molar-refractivity contribution in [2.75, 3.05) is 7.11 Å². The van der Waals surface area contributed by atoms with Crippen molar-refractivity contribution in [2.45, 2.75) is 13.8 Å². The molecule has 3 rings (SSSR count). The standard InChI is InChI=1S/C16H14O4/c1-9-7-10(2)14-11(8-9)13(17)16(18-3)15(20-14)12-5-4-6-19-12/h4-8H,1-3H3. The molecule has 0 aliphatic rings. The Labute approximate surface area is 115 Å². The number of rotatable bonds is 2. The van der Waals surface area contributed by atoms with Gasteiger partial charge in [0, 0.05) is 0 Å². The summed E-state index contributed by atoms with van der Waals surface area (Å²) in [7, 11) is 1.45. The zero-order chi connectivity index (χ0) is 14.3. The van der Waals surface area contributed by atoms with Crippen LogP contribution in [0.3, 0.4) is 0 Å². The van der Waals surface area contributed by atoms with E-state index in [-0.39, 0.29) is 11.2 Å². The Bertz CT molecular complexity index is 826. The molecule has 0 saturated heterocycles. The molecule has 20 heavy (non-hydrogen) atoms. The number of hydrogen-bond acceptors (Lipinski definition) is 4. The molecule has 0 radical (unpaired) electrons. The minimum absolute atomic E-state index is 0.164. The largest absolute Gasteiger partial charge is 0.489 e. The van der Waals surface area contributed by atoms with Gasteiger partial charge >= 0.3 is 0 Å². The van der Waals surface area contributed by atoms with E-state index < -0.39 is 0 Å². The third-order valence-electron chi connectivity index (χ3n) is 3.23. The number of ether oxygens (including phenoxy) is 1. The molecule has 4 nitrogen and oxygen atoms in total. The first-order valence-corrected chi connectivity index (χ1v) is 6.27. The summed E-state index contributed by atoms with van der Waals surface area (Å²) in [4.78, 5) is 12.6. The van der Waals surface area contributed by atoms with E-state index in [9.17, 15) is 4.79 Å². The van der Waals surface area contributed by atoms with Gasteiger partial charge in [0.25, 0.3) is 0 Å². The van der Waals surface area contributed by atoms with Gasteiger partial charge < -0.3 is 13.6 Å². The molecule has 1 aromatic carbocycles. The summed E-state index contributed by atoms with van der Waals surface area (Å²) in [6, 6.07) is 7.25. The van der Waals surface area contributed by atoms with Gasteiger partial charge in [-0.15, -0.1) is 0 Å². The first kappa shape index (κ1) is 12.5. The fourth-order valence-electron chi connectivity index (χ4n) is 2.39. The van der Waals surface area contributed by atoms with E-state index in [4.69, 9.17) is 13.6 Å². The van der Waals surface area contributed by atoms with Crippen LogP contribution in [0.15, 0.2) is 44.2 Å². The van der Waals surface area contributed by atoms with Crippen molar-refractivity contribution in [2.24, 2.45) is 0 Å². The van der Waals surface area contributed by atoms with Crippen LogP contribution in [0.4, 0.5) is 0 Å². The van der Waals surface area contributed by atoms with Crippen LogP contribution < -0.4 is 10.2 Å². The topological polar surface area (TPSA) is 52.6 Å². The summed E-state index contributed by atoms with van der Waals surface area (Å²) in [5.74, 6) is 0.959. The van der Waals surface area contributed by atoms with Crippen molar-refractivity contribution < 1.29 is 13.6 Å². The lowest BCUT2D eigenvalue weighted by Crippen LogP contribution is -2.08. The molecule has 0 spiro atoms. The second-order valence-electron chi connectivity index (χ2n) is 4.73.